The SMILES string of the molecule is C1CC1.COc1ncccc1-c1c(C(=O)O)n(Cc2ccc(F)cc2F)c2ccccc12. The third-order valence-corrected chi connectivity index (χ3v) is 5.10. The number of fused-ring (bicyclic) bond motifs is 1. The minimum atomic E-state index is -1.18. The van der Waals surface area contributed by atoms with E-state index < -0.39 is 17.6 Å². The zero-order valence-electron chi connectivity index (χ0n) is 17.5. The van der Waals surface area contributed by atoms with E-state index >= 15 is 0 Å². The molecule has 2 heterocycles. The van der Waals surface area contributed by atoms with Gasteiger partial charge in [0.15, 0.2) is 0 Å². The average molecular weight is 436 g/mol. The first-order valence-corrected chi connectivity index (χ1v) is 10.3. The molecule has 0 unspecified atom stereocenters. The maximum absolute atomic E-state index is 14.3. The number of hydrogen-bond acceptors (Lipinski definition) is 3. The van der Waals surface area contributed by atoms with Crippen LogP contribution in [0.2, 0.25) is 0 Å². The Labute approximate surface area is 183 Å². The molecular weight excluding hydrogens is 414 g/mol. The molecule has 5 nitrogen and oxygen atoms in total. The van der Waals surface area contributed by atoms with Crippen molar-refractivity contribution in [1.82, 2.24) is 9.55 Å². The molecule has 164 valence electrons. The minimum Gasteiger partial charge on any atom is -0.481 e. The zero-order valence-corrected chi connectivity index (χ0v) is 17.5. The van der Waals surface area contributed by atoms with Crippen molar-refractivity contribution in [2.75, 3.05) is 7.11 Å². The van der Waals surface area contributed by atoms with E-state index in [9.17, 15) is 18.7 Å². The Morgan fingerprint density at radius 3 is 2.50 bits per heavy atom. The molecule has 0 atom stereocenters. The molecule has 7 heteroatoms. The molecule has 1 fully saturated rings. The van der Waals surface area contributed by atoms with Gasteiger partial charge in [0.05, 0.1) is 13.7 Å². The number of aromatic carboxylic acids is 1. The van der Waals surface area contributed by atoms with E-state index in [1.165, 1.54) is 37.0 Å². The van der Waals surface area contributed by atoms with Crippen LogP contribution in [-0.2, 0) is 6.54 Å². The molecule has 0 spiro atoms. The summed E-state index contributed by atoms with van der Waals surface area (Å²) in [7, 11) is 1.46. The molecule has 1 N–H and O–H groups in total. The largest absolute Gasteiger partial charge is 0.481 e. The van der Waals surface area contributed by atoms with Crippen LogP contribution in [0.1, 0.15) is 35.3 Å². The molecule has 0 saturated heterocycles. The molecule has 1 saturated carbocycles. The fourth-order valence-electron chi connectivity index (χ4n) is 3.53. The summed E-state index contributed by atoms with van der Waals surface area (Å²) in [5.41, 5.74) is 1.71. The average Bonchev–Trinajstić information content (AvgIpc) is 3.64. The van der Waals surface area contributed by atoms with E-state index in [0.717, 1.165) is 12.1 Å². The topological polar surface area (TPSA) is 64.3 Å². The van der Waals surface area contributed by atoms with Crippen molar-refractivity contribution >= 4 is 16.9 Å². The van der Waals surface area contributed by atoms with Crippen molar-refractivity contribution in [2.45, 2.75) is 25.8 Å². The quantitative estimate of drug-likeness (QED) is 0.423. The second kappa shape index (κ2) is 9.18. The summed E-state index contributed by atoms with van der Waals surface area (Å²) in [6.45, 7) is -0.0726. The highest BCUT2D eigenvalue weighted by atomic mass is 19.1. The van der Waals surface area contributed by atoms with Gasteiger partial charge in [-0.3, -0.25) is 0 Å². The van der Waals surface area contributed by atoms with Crippen molar-refractivity contribution < 1.29 is 23.4 Å². The van der Waals surface area contributed by atoms with Crippen molar-refractivity contribution in [3.05, 3.63) is 83.7 Å². The smallest absolute Gasteiger partial charge is 0.353 e. The number of hydrogen-bond donors (Lipinski definition) is 1. The van der Waals surface area contributed by atoms with E-state index in [1.54, 1.807) is 42.6 Å². The molecule has 1 aliphatic carbocycles. The molecule has 1 aliphatic rings. The van der Waals surface area contributed by atoms with Crippen LogP contribution in [0.5, 0.6) is 5.88 Å². The lowest BCUT2D eigenvalue weighted by Crippen LogP contribution is -2.11. The summed E-state index contributed by atoms with van der Waals surface area (Å²) in [4.78, 5) is 16.5. The highest BCUT2D eigenvalue weighted by molar-refractivity contribution is 6.08. The van der Waals surface area contributed by atoms with E-state index in [1.807, 2.05) is 0 Å². The third-order valence-electron chi connectivity index (χ3n) is 5.10. The summed E-state index contributed by atoms with van der Waals surface area (Å²) in [5, 5.41) is 10.7. The highest BCUT2D eigenvalue weighted by Gasteiger charge is 2.26. The Morgan fingerprint density at radius 2 is 1.84 bits per heavy atom. The van der Waals surface area contributed by atoms with Gasteiger partial charge >= 0.3 is 5.97 Å². The second-order valence-corrected chi connectivity index (χ2v) is 7.49. The Kier molecular flexibility index (Phi) is 6.16. The number of nitrogens with zero attached hydrogens (tertiary/aromatic N) is 2. The first-order valence-electron chi connectivity index (χ1n) is 10.3. The fourth-order valence-corrected chi connectivity index (χ4v) is 3.53. The Morgan fingerprint density at radius 1 is 1.09 bits per heavy atom. The molecule has 2 aromatic heterocycles. The third kappa shape index (κ3) is 4.32. The Balaban J connectivity index is 0.000000754. The van der Waals surface area contributed by atoms with Gasteiger partial charge in [-0.25, -0.2) is 18.6 Å². The number of carboxylic acids is 1. The summed E-state index contributed by atoms with van der Waals surface area (Å²) in [6, 6.07) is 13.8. The van der Waals surface area contributed by atoms with Gasteiger partial charge < -0.3 is 14.4 Å². The van der Waals surface area contributed by atoms with Crippen LogP contribution in [0, 0.1) is 11.6 Å². The van der Waals surface area contributed by atoms with Crippen LogP contribution in [0.15, 0.2) is 60.8 Å². The predicted molar refractivity (Wildman–Crippen MR) is 118 cm³/mol. The zero-order chi connectivity index (χ0) is 22.7. The number of ether oxygens (including phenoxy) is 1. The van der Waals surface area contributed by atoms with Crippen molar-refractivity contribution in [2.24, 2.45) is 0 Å². The van der Waals surface area contributed by atoms with Gasteiger partial charge in [0.1, 0.15) is 17.3 Å². The molecular formula is C25H22F2N2O3. The molecule has 0 bridgehead atoms. The number of rotatable bonds is 5. The standard InChI is InChI=1S/C22H16F2N2O3.C3H6/c1-29-21-16(6-4-10-25-21)19-15-5-2-3-7-18(15)26(20(19)22(27)28)12-13-8-9-14(23)11-17(13)24;1-2-3-1/h2-11H,12H2,1H3,(H,27,28);1-3H2. The second-order valence-electron chi connectivity index (χ2n) is 7.49. The molecule has 2 aromatic carbocycles. The van der Waals surface area contributed by atoms with Gasteiger partial charge in [-0.15, -0.1) is 0 Å². The van der Waals surface area contributed by atoms with E-state index in [4.69, 9.17) is 4.74 Å². The van der Waals surface area contributed by atoms with Gasteiger partial charge in [-0.05, 0) is 24.3 Å². The first-order chi connectivity index (χ1) is 15.5. The number of halogens is 2. The van der Waals surface area contributed by atoms with Crippen LogP contribution in [0.4, 0.5) is 8.78 Å². The number of methoxy groups -OCH3 is 1. The summed E-state index contributed by atoms with van der Waals surface area (Å²) in [5.74, 6) is -2.32. The summed E-state index contributed by atoms with van der Waals surface area (Å²) >= 11 is 0. The fraction of sp³-hybridized carbons (Fsp3) is 0.200. The summed E-state index contributed by atoms with van der Waals surface area (Å²) in [6.07, 6.45) is 6.05. The molecule has 0 amide bonds. The van der Waals surface area contributed by atoms with Gasteiger partial charge in [0.25, 0.3) is 0 Å². The van der Waals surface area contributed by atoms with Crippen LogP contribution < -0.4 is 4.74 Å². The van der Waals surface area contributed by atoms with Gasteiger partial charge in [-0.1, -0.05) is 43.5 Å². The van der Waals surface area contributed by atoms with Crippen LogP contribution in [0.3, 0.4) is 0 Å². The molecule has 0 radical (unpaired) electrons. The number of para-hydroxylation sites is 1. The van der Waals surface area contributed by atoms with Crippen LogP contribution in [0.25, 0.3) is 22.0 Å². The summed E-state index contributed by atoms with van der Waals surface area (Å²) < 4.78 is 34.4. The number of benzene rings is 2. The van der Waals surface area contributed by atoms with E-state index in [0.29, 0.717) is 22.0 Å². The van der Waals surface area contributed by atoms with Crippen molar-refractivity contribution in [1.29, 1.82) is 0 Å². The van der Waals surface area contributed by atoms with E-state index in [-0.39, 0.29) is 23.7 Å². The Bertz CT molecular complexity index is 1280. The number of carbonyl (C=O) groups is 1. The molecule has 5 rings (SSSR count). The first kappa shape index (κ1) is 21.5. The monoisotopic (exact) mass is 436 g/mol. The molecule has 4 aromatic rings. The predicted octanol–water partition coefficient (Wildman–Crippen LogP) is 5.91. The normalized spacial score (nSPS) is 12.2. The number of carboxylic acid groups (broad SMARTS) is 1. The maximum Gasteiger partial charge on any atom is 0.353 e. The number of pyridine rings is 1. The maximum atomic E-state index is 14.3. The van der Waals surface area contributed by atoms with Gasteiger partial charge in [0.2, 0.25) is 5.88 Å². The van der Waals surface area contributed by atoms with Crippen molar-refractivity contribution in [3.63, 3.8) is 0 Å². The number of aromatic nitrogens is 2. The lowest BCUT2D eigenvalue weighted by molar-refractivity contribution is 0.0687. The molecule has 0 aliphatic heterocycles. The molecule has 32 heavy (non-hydrogen) atoms. The highest BCUT2D eigenvalue weighted by Crippen LogP contribution is 2.39. The lowest BCUT2D eigenvalue weighted by atomic mass is 10.0. The van der Waals surface area contributed by atoms with E-state index in [2.05, 4.69) is 4.98 Å². The van der Waals surface area contributed by atoms with Crippen LogP contribution in [-0.4, -0.2) is 27.7 Å². The minimum absolute atomic E-state index is 0.0266. The lowest BCUT2D eigenvalue weighted by Gasteiger charge is -2.11. The van der Waals surface area contributed by atoms with Gasteiger partial charge in [0, 0.05) is 39.9 Å². The van der Waals surface area contributed by atoms with Crippen LogP contribution >= 0.6 is 0 Å². The van der Waals surface area contributed by atoms with Gasteiger partial charge in [-0.2, -0.15) is 0 Å². The Hall–Kier alpha value is -3.74. The van der Waals surface area contributed by atoms with Crippen molar-refractivity contribution in [3.8, 4) is 17.0 Å².